The number of hydrogen-bond acceptors (Lipinski definition) is 5. The number of ether oxygens (including phenoxy) is 1. The monoisotopic (exact) mass is 297 g/mol. The molecule has 1 aromatic carbocycles. The molecule has 20 heavy (non-hydrogen) atoms. The summed E-state index contributed by atoms with van der Waals surface area (Å²) in [5.41, 5.74) is 1.73. The number of aliphatic hydroxyl groups excluding tert-OH is 1. The maximum atomic E-state index is 11.3. The maximum Gasteiger partial charge on any atom is 0.173 e. The number of nitrogens with one attached hydrogen (secondary N) is 1. The predicted molar refractivity (Wildman–Crippen MR) is 77.4 cm³/mol. The fourth-order valence-electron chi connectivity index (χ4n) is 2.19. The van der Waals surface area contributed by atoms with Crippen molar-refractivity contribution in [3.05, 3.63) is 40.8 Å². The lowest BCUT2D eigenvalue weighted by Gasteiger charge is -2.18. The largest absolute Gasteiger partial charge is 0.496 e. The Morgan fingerprint density at radius 1 is 1.50 bits per heavy atom. The molecular weight excluding hydrogens is 278 g/mol. The van der Waals surface area contributed by atoms with Crippen LogP contribution in [0.25, 0.3) is 0 Å². The van der Waals surface area contributed by atoms with Gasteiger partial charge in [0.15, 0.2) is 9.84 Å². The number of benzene rings is 1. The Balaban J connectivity index is 2.00. The van der Waals surface area contributed by atoms with Gasteiger partial charge in [-0.05, 0) is 19.1 Å². The zero-order valence-corrected chi connectivity index (χ0v) is 12.4. The van der Waals surface area contributed by atoms with Crippen LogP contribution in [0, 0.1) is 6.92 Å². The van der Waals surface area contributed by atoms with Gasteiger partial charge in [-0.1, -0.05) is 17.7 Å². The molecule has 110 valence electrons. The SMILES string of the molecule is COc1ccc(C)cc1C(O)CNC1C=CS(=O)(=O)C1. The van der Waals surface area contributed by atoms with Gasteiger partial charge in [0.2, 0.25) is 0 Å². The number of aryl methyl sites for hydroxylation is 1. The van der Waals surface area contributed by atoms with Crippen molar-refractivity contribution in [1.29, 1.82) is 0 Å². The highest BCUT2D eigenvalue weighted by Gasteiger charge is 2.22. The molecule has 0 aromatic heterocycles. The van der Waals surface area contributed by atoms with E-state index < -0.39 is 15.9 Å². The molecule has 0 fully saturated rings. The van der Waals surface area contributed by atoms with E-state index in [-0.39, 0.29) is 18.3 Å². The molecule has 0 saturated heterocycles. The van der Waals surface area contributed by atoms with Crippen molar-refractivity contribution >= 4 is 9.84 Å². The van der Waals surface area contributed by atoms with Crippen LogP contribution in [0.2, 0.25) is 0 Å². The minimum absolute atomic E-state index is 0.0463. The van der Waals surface area contributed by atoms with E-state index in [2.05, 4.69) is 5.32 Å². The average molecular weight is 297 g/mol. The summed E-state index contributed by atoms with van der Waals surface area (Å²) < 4.78 is 27.8. The Kier molecular flexibility index (Phi) is 4.47. The summed E-state index contributed by atoms with van der Waals surface area (Å²) in [5, 5.41) is 14.5. The lowest BCUT2D eigenvalue weighted by molar-refractivity contribution is 0.169. The zero-order valence-electron chi connectivity index (χ0n) is 11.5. The van der Waals surface area contributed by atoms with Gasteiger partial charge in [-0.25, -0.2) is 8.42 Å². The van der Waals surface area contributed by atoms with Gasteiger partial charge in [0.05, 0.1) is 19.0 Å². The summed E-state index contributed by atoms with van der Waals surface area (Å²) >= 11 is 0. The quantitative estimate of drug-likeness (QED) is 0.846. The topological polar surface area (TPSA) is 75.6 Å². The molecule has 0 saturated carbocycles. The second kappa shape index (κ2) is 5.95. The molecule has 1 aliphatic rings. The summed E-state index contributed by atoms with van der Waals surface area (Å²) in [6.07, 6.45) is 0.858. The van der Waals surface area contributed by atoms with Gasteiger partial charge in [-0.3, -0.25) is 0 Å². The molecule has 0 amide bonds. The van der Waals surface area contributed by atoms with Gasteiger partial charge in [0.25, 0.3) is 0 Å². The average Bonchev–Trinajstić information content (AvgIpc) is 2.75. The molecule has 0 bridgehead atoms. The van der Waals surface area contributed by atoms with Crippen molar-refractivity contribution in [3.8, 4) is 5.75 Å². The van der Waals surface area contributed by atoms with Crippen LogP contribution in [-0.4, -0.2) is 39.0 Å². The number of sulfone groups is 1. The number of hydrogen-bond donors (Lipinski definition) is 2. The van der Waals surface area contributed by atoms with Gasteiger partial charge < -0.3 is 15.2 Å². The summed E-state index contributed by atoms with van der Waals surface area (Å²) in [5.74, 6) is 0.671. The number of methoxy groups -OCH3 is 1. The van der Waals surface area contributed by atoms with Gasteiger partial charge in [0.1, 0.15) is 5.75 Å². The standard InChI is InChI=1S/C14H19NO4S/c1-10-3-4-14(19-2)12(7-10)13(16)8-15-11-5-6-20(17,18)9-11/h3-7,11,13,15-16H,8-9H2,1-2H3. The molecule has 2 atom stereocenters. The Morgan fingerprint density at radius 2 is 2.25 bits per heavy atom. The Morgan fingerprint density at radius 3 is 2.85 bits per heavy atom. The van der Waals surface area contributed by atoms with E-state index >= 15 is 0 Å². The summed E-state index contributed by atoms with van der Waals surface area (Å²) in [6.45, 7) is 2.21. The van der Waals surface area contributed by atoms with Gasteiger partial charge in [0, 0.05) is 23.6 Å². The third-order valence-electron chi connectivity index (χ3n) is 3.25. The van der Waals surface area contributed by atoms with Crippen LogP contribution in [0.1, 0.15) is 17.2 Å². The molecule has 2 N–H and O–H groups in total. The first-order chi connectivity index (χ1) is 9.41. The van der Waals surface area contributed by atoms with Crippen LogP contribution in [-0.2, 0) is 9.84 Å². The number of rotatable bonds is 5. The predicted octanol–water partition coefficient (Wildman–Crippen LogP) is 0.937. The maximum absolute atomic E-state index is 11.3. The Hall–Kier alpha value is -1.37. The summed E-state index contributed by atoms with van der Waals surface area (Å²) in [6, 6.07) is 5.35. The van der Waals surface area contributed by atoms with Crippen molar-refractivity contribution < 1.29 is 18.3 Å². The highest BCUT2D eigenvalue weighted by Crippen LogP contribution is 2.26. The molecule has 2 rings (SSSR count). The molecule has 6 heteroatoms. The molecule has 2 unspecified atom stereocenters. The molecule has 0 aliphatic carbocycles. The fourth-order valence-corrected chi connectivity index (χ4v) is 3.46. The molecule has 1 aromatic rings. The second-order valence-electron chi connectivity index (χ2n) is 4.93. The third-order valence-corrected chi connectivity index (χ3v) is 4.64. The smallest absolute Gasteiger partial charge is 0.173 e. The van der Waals surface area contributed by atoms with Crippen molar-refractivity contribution in [3.63, 3.8) is 0 Å². The van der Waals surface area contributed by atoms with E-state index in [1.165, 1.54) is 5.41 Å². The molecule has 1 heterocycles. The van der Waals surface area contributed by atoms with Crippen molar-refractivity contribution in [2.24, 2.45) is 0 Å². The first-order valence-electron chi connectivity index (χ1n) is 6.38. The Labute approximate surface area is 119 Å². The summed E-state index contributed by atoms with van der Waals surface area (Å²) in [4.78, 5) is 0. The van der Waals surface area contributed by atoms with Crippen LogP contribution in [0.15, 0.2) is 29.7 Å². The third kappa shape index (κ3) is 3.59. The van der Waals surface area contributed by atoms with Crippen molar-refractivity contribution in [2.75, 3.05) is 19.4 Å². The first kappa shape index (κ1) is 15.0. The van der Waals surface area contributed by atoms with Crippen LogP contribution >= 0.6 is 0 Å². The van der Waals surface area contributed by atoms with E-state index in [0.717, 1.165) is 5.56 Å². The van der Waals surface area contributed by atoms with E-state index in [1.807, 2.05) is 25.1 Å². The molecule has 0 radical (unpaired) electrons. The number of aliphatic hydroxyl groups is 1. The lowest BCUT2D eigenvalue weighted by Crippen LogP contribution is -2.33. The highest BCUT2D eigenvalue weighted by molar-refractivity contribution is 7.94. The van der Waals surface area contributed by atoms with Gasteiger partial charge in [-0.15, -0.1) is 0 Å². The van der Waals surface area contributed by atoms with E-state index in [1.54, 1.807) is 13.2 Å². The normalized spacial score (nSPS) is 21.9. The molecule has 1 aliphatic heterocycles. The summed E-state index contributed by atoms with van der Waals surface area (Å²) in [7, 11) is -1.52. The van der Waals surface area contributed by atoms with Crippen LogP contribution in [0.3, 0.4) is 0 Å². The van der Waals surface area contributed by atoms with Crippen LogP contribution < -0.4 is 10.1 Å². The van der Waals surface area contributed by atoms with Gasteiger partial charge in [-0.2, -0.15) is 0 Å². The fraction of sp³-hybridized carbons (Fsp3) is 0.429. The zero-order chi connectivity index (χ0) is 14.8. The highest BCUT2D eigenvalue weighted by atomic mass is 32.2. The lowest BCUT2D eigenvalue weighted by atomic mass is 10.0. The van der Waals surface area contributed by atoms with E-state index in [0.29, 0.717) is 11.3 Å². The van der Waals surface area contributed by atoms with Crippen LogP contribution in [0.5, 0.6) is 5.75 Å². The molecular formula is C14H19NO4S. The van der Waals surface area contributed by atoms with Crippen molar-refractivity contribution in [2.45, 2.75) is 19.1 Å². The first-order valence-corrected chi connectivity index (χ1v) is 8.10. The van der Waals surface area contributed by atoms with E-state index in [4.69, 9.17) is 4.74 Å². The van der Waals surface area contributed by atoms with Gasteiger partial charge >= 0.3 is 0 Å². The molecule has 5 nitrogen and oxygen atoms in total. The second-order valence-corrected chi connectivity index (χ2v) is 6.87. The minimum Gasteiger partial charge on any atom is -0.496 e. The van der Waals surface area contributed by atoms with Crippen molar-refractivity contribution in [1.82, 2.24) is 5.32 Å². The molecule has 0 spiro atoms. The Bertz CT molecular complexity index is 610. The van der Waals surface area contributed by atoms with E-state index in [9.17, 15) is 13.5 Å². The minimum atomic E-state index is -3.08. The van der Waals surface area contributed by atoms with Crippen LogP contribution in [0.4, 0.5) is 0 Å².